The maximum atomic E-state index is 12.3. The van der Waals surface area contributed by atoms with Gasteiger partial charge >= 0.3 is 0 Å². The van der Waals surface area contributed by atoms with Gasteiger partial charge in [0.15, 0.2) is 0 Å². The van der Waals surface area contributed by atoms with Crippen molar-refractivity contribution in [2.45, 2.75) is 39.2 Å². The van der Waals surface area contributed by atoms with E-state index in [9.17, 15) is 9.59 Å². The van der Waals surface area contributed by atoms with Gasteiger partial charge in [0.25, 0.3) is 5.91 Å². The van der Waals surface area contributed by atoms with Crippen LogP contribution in [0.25, 0.3) is 0 Å². The van der Waals surface area contributed by atoms with Gasteiger partial charge in [0.05, 0.1) is 5.69 Å². The molecule has 1 N–H and O–H groups in total. The highest BCUT2D eigenvalue weighted by Gasteiger charge is 2.18. The van der Waals surface area contributed by atoms with Gasteiger partial charge in [-0.3, -0.25) is 14.9 Å². The molecule has 2 aromatic rings. The van der Waals surface area contributed by atoms with E-state index >= 15 is 0 Å². The van der Waals surface area contributed by atoms with Gasteiger partial charge < -0.3 is 4.90 Å². The first-order chi connectivity index (χ1) is 11.6. The fourth-order valence-corrected chi connectivity index (χ4v) is 3.14. The smallest absolute Gasteiger partial charge is 0.271 e. The van der Waals surface area contributed by atoms with Crippen molar-refractivity contribution < 1.29 is 9.59 Å². The average molecular weight is 349 g/mol. The fourth-order valence-electron chi connectivity index (χ4n) is 2.58. The van der Waals surface area contributed by atoms with E-state index in [-0.39, 0.29) is 24.3 Å². The Bertz CT molecular complexity index is 718. The molecule has 0 radical (unpaired) electrons. The van der Waals surface area contributed by atoms with Crippen molar-refractivity contribution in [3.63, 3.8) is 0 Å². The molecule has 9 nitrogen and oxygen atoms in total. The third kappa shape index (κ3) is 3.94. The van der Waals surface area contributed by atoms with Crippen LogP contribution in [0.1, 0.15) is 41.0 Å². The molecule has 0 spiro atoms. The van der Waals surface area contributed by atoms with Gasteiger partial charge in [-0.2, -0.15) is 0 Å². The molecule has 0 atom stereocenters. The Morgan fingerprint density at radius 2 is 2.00 bits per heavy atom. The number of aryl methyl sites for hydroxylation is 1. The highest BCUT2D eigenvalue weighted by molar-refractivity contribution is 7.08. The lowest BCUT2D eigenvalue weighted by atomic mass is 10.2. The Labute approximate surface area is 143 Å². The van der Waals surface area contributed by atoms with Crippen LogP contribution in [0.5, 0.6) is 0 Å². The van der Waals surface area contributed by atoms with E-state index < -0.39 is 0 Å². The van der Waals surface area contributed by atoms with E-state index in [1.165, 1.54) is 23.9 Å². The number of likely N-dealkylation sites (tertiary alicyclic amines) is 1. The Kier molecular flexibility index (Phi) is 5.14. The number of carbonyl (C=O) groups excluding carboxylic acids is 2. The minimum atomic E-state index is -0.348. The lowest BCUT2D eigenvalue weighted by molar-refractivity contribution is -0.132. The maximum absolute atomic E-state index is 12.3. The molecule has 1 fully saturated rings. The van der Waals surface area contributed by atoms with Crippen LogP contribution in [0.2, 0.25) is 0 Å². The summed E-state index contributed by atoms with van der Waals surface area (Å²) in [6.07, 6.45) is 5.90. The Hall–Kier alpha value is -2.36. The van der Waals surface area contributed by atoms with Gasteiger partial charge in [0, 0.05) is 13.1 Å². The number of rotatable bonds is 4. The number of aromatic nitrogens is 5. The molecule has 0 aromatic carbocycles. The van der Waals surface area contributed by atoms with Crippen LogP contribution in [0.3, 0.4) is 0 Å². The van der Waals surface area contributed by atoms with Crippen molar-refractivity contribution in [2.75, 3.05) is 18.4 Å². The molecule has 0 bridgehead atoms. The Morgan fingerprint density at radius 3 is 2.67 bits per heavy atom. The molecule has 2 aromatic heterocycles. The second-order valence-electron chi connectivity index (χ2n) is 5.70. The molecular weight excluding hydrogens is 330 g/mol. The van der Waals surface area contributed by atoms with Gasteiger partial charge in [-0.15, -0.1) is 10.2 Å². The van der Waals surface area contributed by atoms with Crippen molar-refractivity contribution in [2.24, 2.45) is 0 Å². The molecule has 1 saturated heterocycles. The number of nitrogens with one attached hydrogen (secondary N) is 1. The first-order valence-corrected chi connectivity index (χ1v) is 8.68. The van der Waals surface area contributed by atoms with Gasteiger partial charge in [-0.05, 0) is 31.3 Å². The molecule has 1 aliphatic heterocycles. The zero-order valence-corrected chi connectivity index (χ0v) is 14.3. The lowest BCUT2D eigenvalue weighted by Crippen LogP contribution is -2.34. The van der Waals surface area contributed by atoms with E-state index in [2.05, 4.69) is 25.0 Å². The molecule has 0 unspecified atom stereocenters. The standard InChI is InChI=1S/C14H19N7O2S/c1-10-12(24-19-17-10)13(23)16-14-15-9-21(18-14)8-11(22)20-6-4-2-3-5-7-20/h9H,2-8H2,1H3,(H,16,18,23). The molecule has 2 amide bonds. The van der Waals surface area contributed by atoms with Gasteiger partial charge in [-0.25, -0.2) is 9.67 Å². The SMILES string of the molecule is Cc1nnsc1C(=O)Nc1ncn(CC(=O)N2CCCCCC2)n1. The summed E-state index contributed by atoms with van der Waals surface area (Å²) in [4.78, 5) is 30.7. The van der Waals surface area contributed by atoms with Crippen LogP contribution in [-0.2, 0) is 11.3 Å². The minimum absolute atomic E-state index is 0.0298. The Morgan fingerprint density at radius 1 is 1.25 bits per heavy atom. The molecule has 3 heterocycles. The monoisotopic (exact) mass is 349 g/mol. The summed E-state index contributed by atoms with van der Waals surface area (Å²) in [6.45, 7) is 3.44. The highest BCUT2D eigenvalue weighted by Crippen LogP contribution is 2.12. The zero-order valence-electron chi connectivity index (χ0n) is 13.4. The van der Waals surface area contributed by atoms with E-state index in [1.54, 1.807) is 6.92 Å². The summed E-state index contributed by atoms with van der Waals surface area (Å²) < 4.78 is 5.17. The van der Waals surface area contributed by atoms with E-state index in [0.717, 1.165) is 37.5 Å². The van der Waals surface area contributed by atoms with E-state index in [1.807, 2.05) is 4.90 Å². The van der Waals surface area contributed by atoms with E-state index in [4.69, 9.17) is 0 Å². The summed E-state index contributed by atoms with van der Waals surface area (Å²) >= 11 is 1.02. The average Bonchev–Trinajstić information content (AvgIpc) is 3.07. The van der Waals surface area contributed by atoms with Crippen molar-refractivity contribution in [1.29, 1.82) is 0 Å². The zero-order chi connectivity index (χ0) is 16.9. The quantitative estimate of drug-likeness (QED) is 0.886. The van der Waals surface area contributed by atoms with Crippen LogP contribution in [0.4, 0.5) is 5.95 Å². The first kappa shape index (κ1) is 16.5. The second-order valence-corrected chi connectivity index (χ2v) is 6.46. The van der Waals surface area contributed by atoms with Gasteiger partial charge in [0.2, 0.25) is 11.9 Å². The molecule has 3 rings (SSSR count). The van der Waals surface area contributed by atoms with Crippen LogP contribution >= 0.6 is 11.5 Å². The van der Waals surface area contributed by atoms with Crippen LogP contribution in [0, 0.1) is 6.92 Å². The maximum Gasteiger partial charge on any atom is 0.271 e. The largest absolute Gasteiger partial charge is 0.341 e. The van der Waals surface area contributed by atoms with E-state index in [0.29, 0.717) is 10.6 Å². The summed E-state index contributed by atoms with van der Waals surface area (Å²) in [6, 6.07) is 0. The summed E-state index contributed by atoms with van der Waals surface area (Å²) in [5.74, 6) is -0.155. The molecule has 1 aliphatic rings. The topological polar surface area (TPSA) is 106 Å². The number of carbonyl (C=O) groups is 2. The van der Waals surface area contributed by atoms with Crippen LogP contribution in [-0.4, -0.2) is 54.2 Å². The second kappa shape index (κ2) is 7.47. The van der Waals surface area contributed by atoms with Gasteiger partial charge in [0.1, 0.15) is 17.7 Å². The third-order valence-electron chi connectivity index (χ3n) is 3.88. The summed E-state index contributed by atoms with van der Waals surface area (Å²) in [5.41, 5.74) is 0.563. The van der Waals surface area contributed by atoms with Crippen LogP contribution < -0.4 is 5.32 Å². The third-order valence-corrected chi connectivity index (χ3v) is 4.70. The predicted octanol–water partition coefficient (Wildman–Crippen LogP) is 1.09. The van der Waals surface area contributed by atoms with Crippen molar-refractivity contribution >= 4 is 29.3 Å². The number of amides is 2. The lowest BCUT2D eigenvalue weighted by Gasteiger charge is -2.19. The predicted molar refractivity (Wildman–Crippen MR) is 87.7 cm³/mol. The minimum Gasteiger partial charge on any atom is -0.341 e. The molecule has 0 saturated carbocycles. The first-order valence-electron chi connectivity index (χ1n) is 7.91. The van der Waals surface area contributed by atoms with Crippen molar-refractivity contribution in [3.8, 4) is 0 Å². The molecule has 128 valence electrons. The van der Waals surface area contributed by atoms with Crippen molar-refractivity contribution in [3.05, 3.63) is 16.9 Å². The van der Waals surface area contributed by atoms with Gasteiger partial charge in [-0.1, -0.05) is 17.3 Å². The molecular formula is C14H19N7O2S. The molecule has 10 heteroatoms. The van der Waals surface area contributed by atoms with Crippen molar-refractivity contribution in [1.82, 2.24) is 29.3 Å². The molecule has 0 aliphatic carbocycles. The van der Waals surface area contributed by atoms with Crippen LogP contribution in [0.15, 0.2) is 6.33 Å². The number of anilines is 1. The summed E-state index contributed by atoms with van der Waals surface area (Å²) in [7, 11) is 0. The summed E-state index contributed by atoms with van der Waals surface area (Å²) in [5, 5.41) is 10.5. The number of nitrogens with zero attached hydrogens (tertiary/aromatic N) is 6. The molecule has 24 heavy (non-hydrogen) atoms. The Balaban J connectivity index is 1.58. The highest BCUT2D eigenvalue weighted by atomic mass is 32.1. The number of hydrogen-bond donors (Lipinski definition) is 1. The fraction of sp³-hybridized carbons (Fsp3) is 0.571. The number of hydrogen-bond acceptors (Lipinski definition) is 7. The normalized spacial score (nSPS) is 15.1.